The number of hydrogen-bond donors (Lipinski definition) is 0. The average molecular weight is 339 g/mol. The summed E-state index contributed by atoms with van der Waals surface area (Å²) in [6.07, 6.45) is 3.13. The van der Waals surface area contributed by atoms with E-state index in [0.29, 0.717) is 28.2 Å². The Hall–Kier alpha value is -3.08. The Bertz CT molecular complexity index is 770. The third-order valence-corrected chi connectivity index (χ3v) is 3.69. The molecule has 5 heteroatoms. The standard InChI is InChI=1S/C20H21NO4/c1-21(2)20(23)15-10-8-14(9-11-15)17(22)13-12-16-18(24-3)6-5-7-19(16)25-4/h5-13H,1-4H3/b13-12+. The molecular formula is C20H21NO4. The van der Waals surface area contributed by atoms with E-state index < -0.39 is 0 Å². The van der Waals surface area contributed by atoms with Crippen LogP contribution in [0.25, 0.3) is 6.08 Å². The molecule has 0 bridgehead atoms. The highest BCUT2D eigenvalue weighted by atomic mass is 16.5. The molecule has 2 rings (SSSR count). The number of carbonyl (C=O) groups is 2. The summed E-state index contributed by atoms with van der Waals surface area (Å²) in [5, 5.41) is 0. The summed E-state index contributed by atoms with van der Waals surface area (Å²) in [5.74, 6) is 0.968. The van der Waals surface area contributed by atoms with Crippen molar-refractivity contribution in [3.8, 4) is 11.5 Å². The van der Waals surface area contributed by atoms with Crippen molar-refractivity contribution in [3.63, 3.8) is 0 Å². The fraction of sp³-hybridized carbons (Fsp3) is 0.200. The number of allylic oxidation sites excluding steroid dienone is 1. The van der Waals surface area contributed by atoms with E-state index in [2.05, 4.69) is 0 Å². The number of ketones is 1. The van der Waals surface area contributed by atoms with Crippen LogP contribution < -0.4 is 9.47 Å². The molecule has 0 fully saturated rings. The molecule has 0 aliphatic rings. The molecule has 5 nitrogen and oxygen atoms in total. The lowest BCUT2D eigenvalue weighted by Crippen LogP contribution is -2.21. The number of amides is 1. The predicted molar refractivity (Wildman–Crippen MR) is 97.4 cm³/mol. The zero-order chi connectivity index (χ0) is 18.4. The lowest BCUT2D eigenvalue weighted by molar-refractivity contribution is 0.0827. The molecule has 0 aliphatic heterocycles. The lowest BCUT2D eigenvalue weighted by Gasteiger charge is -2.10. The van der Waals surface area contributed by atoms with Crippen LogP contribution in [0.15, 0.2) is 48.5 Å². The number of carbonyl (C=O) groups excluding carboxylic acids is 2. The molecule has 0 unspecified atom stereocenters. The van der Waals surface area contributed by atoms with Gasteiger partial charge < -0.3 is 14.4 Å². The van der Waals surface area contributed by atoms with Crippen molar-refractivity contribution in [2.75, 3.05) is 28.3 Å². The Kier molecular flexibility index (Phi) is 5.95. The third kappa shape index (κ3) is 4.26. The second-order valence-corrected chi connectivity index (χ2v) is 5.55. The first-order chi connectivity index (χ1) is 12.0. The minimum absolute atomic E-state index is 0.103. The van der Waals surface area contributed by atoms with Crippen LogP contribution in [0.4, 0.5) is 0 Å². The minimum atomic E-state index is -0.170. The van der Waals surface area contributed by atoms with E-state index in [1.165, 1.54) is 11.0 Å². The molecule has 0 saturated carbocycles. The summed E-state index contributed by atoms with van der Waals surface area (Å²) in [6.45, 7) is 0. The fourth-order valence-electron chi connectivity index (χ4n) is 2.33. The zero-order valence-electron chi connectivity index (χ0n) is 14.8. The van der Waals surface area contributed by atoms with E-state index in [1.54, 1.807) is 70.8 Å². The van der Waals surface area contributed by atoms with Gasteiger partial charge in [0.2, 0.25) is 0 Å². The predicted octanol–water partition coefficient (Wildman–Crippen LogP) is 3.30. The fourth-order valence-corrected chi connectivity index (χ4v) is 2.33. The Labute approximate surface area is 147 Å². The van der Waals surface area contributed by atoms with Gasteiger partial charge in [-0.15, -0.1) is 0 Å². The van der Waals surface area contributed by atoms with Gasteiger partial charge in [0.15, 0.2) is 5.78 Å². The lowest BCUT2D eigenvalue weighted by atomic mass is 10.1. The van der Waals surface area contributed by atoms with Gasteiger partial charge in [0.05, 0.1) is 19.8 Å². The number of ether oxygens (including phenoxy) is 2. The largest absolute Gasteiger partial charge is 0.496 e. The van der Waals surface area contributed by atoms with E-state index in [0.717, 1.165) is 0 Å². The number of methoxy groups -OCH3 is 2. The second kappa shape index (κ2) is 8.15. The van der Waals surface area contributed by atoms with Gasteiger partial charge in [0.25, 0.3) is 5.91 Å². The van der Waals surface area contributed by atoms with Crippen molar-refractivity contribution < 1.29 is 19.1 Å². The number of nitrogens with zero attached hydrogens (tertiary/aromatic N) is 1. The van der Waals surface area contributed by atoms with Crippen molar-refractivity contribution in [1.82, 2.24) is 4.90 Å². The van der Waals surface area contributed by atoms with Gasteiger partial charge in [-0.05, 0) is 36.4 Å². The van der Waals surface area contributed by atoms with E-state index >= 15 is 0 Å². The minimum Gasteiger partial charge on any atom is -0.496 e. The summed E-state index contributed by atoms with van der Waals surface area (Å²) in [4.78, 5) is 25.7. The highest BCUT2D eigenvalue weighted by molar-refractivity contribution is 6.07. The van der Waals surface area contributed by atoms with Crippen molar-refractivity contribution in [3.05, 3.63) is 65.2 Å². The van der Waals surface area contributed by atoms with E-state index in [9.17, 15) is 9.59 Å². The molecule has 0 heterocycles. The summed E-state index contributed by atoms with van der Waals surface area (Å²) in [7, 11) is 6.50. The van der Waals surface area contributed by atoms with Crippen molar-refractivity contribution in [2.24, 2.45) is 0 Å². The molecule has 130 valence electrons. The number of hydrogen-bond acceptors (Lipinski definition) is 4. The molecule has 0 radical (unpaired) electrons. The molecule has 0 N–H and O–H groups in total. The third-order valence-electron chi connectivity index (χ3n) is 3.69. The van der Waals surface area contributed by atoms with Crippen molar-refractivity contribution in [2.45, 2.75) is 0 Å². The number of benzene rings is 2. The summed E-state index contributed by atoms with van der Waals surface area (Å²) < 4.78 is 10.6. The molecule has 0 spiro atoms. The van der Waals surface area contributed by atoms with Gasteiger partial charge in [0.1, 0.15) is 11.5 Å². The monoisotopic (exact) mass is 339 g/mol. The van der Waals surface area contributed by atoms with Crippen LogP contribution in [0.3, 0.4) is 0 Å². The molecular weight excluding hydrogens is 318 g/mol. The quantitative estimate of drug-likeness (QED) is 0.598. The van der Waals surface area contributed by atoms with Gasteiger partial charge in [0, 0.05) is 25.2 Å². The van der Waals surface area contributed by atoms with Gasteiger partial charge in [-0.1, -0.05) is 18.2 Å². The molecule has 0 aromatic heterocycles. The normalized spacial score (nSPS) is 10.6. The Morgan fingerprint density at radius 1 is 0.880 bits per heavy atom. The van der Waals surface area contributed by atoms with Crippen LogP contribution in [0.1, 0.15) is 26.3 Å². The average Bonchev–Trinajstić information content (AvgIpc) is 2.65. The Morgan fingerprint density at radius 3 is 1.88 bits per heavy atom. The first-order valence-corrected chi connectivity index (χ1v) is 7.73. The van der Waals surface area contributed by atoms with Crippen LogP contribution in [0.5, 0.6) is 11.5 Å². The Morgan fingerprint density at radius 2 is 1.40 bits per heavy atom. The first kappa shape index (κ1) is 18.3. The molecule has 0 aliphatic carbocycles. The van der Waals surface area contributed by atoms with Gasteiger partial charge in [-0.2, -0.15) is 0 Å². The van der Waals surface area contributed by atoms with Crippen LogP contribution in [-0.4, -0.2) is 44.9 Å². The van der Waals surface area contributed by atoms with Crippen LogP contribution >= 0.6 is 0 Å². The molecule has 0 atom stereocenters. The highest BCUT2D eigenvalue weighted by Gasteiger charge is 2.10. The maximum absolute atomic E-state index is 12.4. The molecule has 2 aromatic rings. The first-order valence-electron chi connectivity index (χ1n) is 7.73. The smallest absolute Gasteiger partial charge is 0.253 e. The zero-order valence-corrected chi connectivity index (χ0v) is 14.8. The molecule has 2 aromatic carbocycles. The maximum atomic E-state index is 12.4. The molecule has 1 amide bonds. The second-order valence-electron chi connectivity index (χ2n) is 5.55. The van der Waals surface area contributed by atoms with Crippen LogP contribution in [0.2, 0.25) is 0 Å². The SMILES string of the molecule is COc1cccc(OC)c1/C=C/C(=O)c1ccc(C(=O)N(C)C)cc1. The van der Waals surface area contributed by atoms with Crippen LogP contribution in [0, 0.1) is 0 Å². The van der Waals surface area contributed by atoms with Crippen molar-refractivity contribution >= 4 is 17.8 Å². The van der Waals surface area contributed by atoms with Crippen molar-refractivity contribution in [1.29, 1.82) is 0 Å². The van der Waals surface area contributed by atoms with E-state index in [-0.39, 0.29) is 11.7 Å². The van der Waals surface area contributed by atoms with E-state index in [4.69, 9.17) is 9.47 Å². The highest BCUT2D eigenvalue weighted by Crippen LogP contribution is 2.29. The van der Waals surface area contributed by atoms with Gasteiger partial charge >= 0.3 is 0 Å². The maximum Gasteiger partial charge on any atom is 0.253 e. The number of rotatable bonds is 6. The van der Waals surface area contributed by atoms with E-state index in [1.807, 2.05) is 6.07 Å². The summed E-state index contributed by atoms with van der Waals surface area (Å²) in [5.41, 5.74) is 1.73. The molecule has 25 heavy (non-hydrogen) atoms. The van der Waals surface area contributed by atoms with Crippen LogP contribution in [-0.2, 0) is 0 Å². The topological polar surface area (TPSA) is 55.8 Å². The Balaban J connectivity index is 2.23. The summed E-state index contributed by atoms with van der Waals surface area (Å²) in [6, 6.07) is 12.0. The van der Waals surface area contributed by atoms with Gasteiger partial charge in [-0.3, -0.25) is 9.59 Å². The summed E-state index contributed by atoms with van der Waals surface area (Å²) >= 11 is 0. The van der Waals surface area contributed by atoms with Gasteiger partial charge in [-0.25, -0.2) is 0 Å². The molecule has 0 saturated heterocycles.